The maximum atomic E-state index is 5.89. The van der Waals surface area contributed by atoms with Gasteiger partial charge in [-0.15, -0.1) is 11.3 Å². The number of nitrogens with one attached hydrogen (secondary N) is 1. The molecular weight excluding hydrogens is 194 g/mol. The summed E-state index contributed by atoms with van der Waals surface area (Å²) in [5, 5.41) is 6.55. The van der Waals surface area contributed by atoms with Crippen LogP contribution in [0.2, 0.25) is 0 Å². The molecule has 0 aromatic carbocycles. The molecule has 0 saturated carbocycles. The van der Waals surface area contributed by atoms with Gasteiger partial charge in [0.15, 0.2) is 0 Å². The van der Waals surface area contributed by atoms with Crippen LogP contribution in [-0.2, 0) is 0 Å². The summed E-state index contributed by atoms with van der Waals surface area (Å²) in [5.41, 5.74) is 5.80. The van der Waals surface area contributed by atoms with Gasteiger partial charge in [-0.25, -0.2) is 4.98 Å². The molecule has 0 fully saturated rings. The van der Waals surface area contributed by atoms with Crippen molar-refractivity contribution < 1.29 is 0 Å². The van der Waals surface area contributed by atoms with Gasteiger partial charge in [-0.05, 0) is 33.7 Å². The van der Waals surface area contributed by atoms with Crippen molar-refractivity contribution in [1.82, 2.24) is 10.3 Å². The number of hydrogen-bond acceptors (Lipinski definition) is 4. The minimum Gasteiger partial charge on any atom is -0.326 e. The Kier molecular flexibility index (Phi) is 4.04. The lowest BCUT2D eigenvalue weighted by Crippen LogP contribution is -2.36. The van der Waals surface area contributed by atoms with Crippen molar-refractivity contribution in [3.05, 3.63) is 16.6 Å². The molecule has 0 aliphatic carbocycles. The van der Waals surface area contributed by atoms with Crippen LogP contribution < -0.4 is 11.1 Å². The highest BCUT2D eigenvalue weighted by Crippen LogP contribution is 2.14. The van der Waals surface area contributed by atoms with E-state index < -0.39 is 0 Å². The Morgan fingerprint density at radius 3 is 2.86 bits per heavy atom. The average molecular weight is 213 g/mol. The van der Waals surface area contributed by atoms with Gasteiger partial charge in [0.05, 0.1) is 6.04 Å². The molecule has 3 N–H and O–H groups in total. The zero-order valence-electron chi connectivity index (χ0n) is 9.08. The van der Waals surface area contributed by atoms with Gasteiger partial charge in [-0.1, -0.05) is 0 Å². The van der Waals surface area contributed by atoms with E-state index in [-0.39, 0.29) is 5.54 Å². The van der Waals surface area contributed by atoms with Gasteiger partial charge >= 0.3 is 0 Å². The highest BCUT2D eigenvalue weighted by atomic mass is 32.1. The lowest BCUT2D eigenvalue weighted by molar-refractivity contribution is 0.436. The summed E-state index contributed by atoms with van der Waals surface area (Å²) in [5.74, 6) is 0. The van der Waals surface area contributed by atoms with Gasteiger partial charge in [-0.3, -0.25) is 0 Å². The van der Waals surface area contributed by atoms with Crippen LogP contribution in [0.3, 0.4) is 0 Å². The number of nitrogens with zero attached hydrogens (tertiary/aromatic N) is 1. The smallest absolute Gasteiger partial charge is 0.109 e. The van der Waals surface area contributed by atoms with Crippen molar-refractivity contribution in [1.29, 1.82) is 0 Å². The van der Waals surface area contributed by atoms with Crippen molar-refractivity contribution in [2.75, 3.05) is 6.54 Å². The molecule has 1 unspecified atom stereocenters. The van der Waals surface area contributed by atoms with Crippen molar-refractivity contribution >= 4 is 11.3 Å². The fourth-order valence-corrected chi connectivity index (χ4v) is 1.82. The van der Waals surface area contributed by atoms with Crippen molar-refractivity contribution in [3.63, 3.8) is 0 Å². The van der Waals surface area contributed by atoms with Crippen LogP contribution >= 0.6 is 11.3 Å². The second kappa shape index (κ2) is 4.87. The Hall–Kier alpha value is -0.450. The summed E-state index contributed by atoms with van der Waals surface area (Å²) < 4.78 is 0. The van der Waals surface area contributed by atoms with E-state index in [0.29, 0.717) is 6.04 Å². The monoisotopic (exact) mass is 213 g/mol. The molecule has 1 rings (SSSR count). The van der Waals surface area contributed by atoms with Crippen LogP contribution in [0.4, 0.5) is 0 Å². The molecule has 0 aliphatic rings. The normalized spacial score (nSPS) is 14.3. The molecule has 80 valence electrons. The maximum Gasteiger partial charge on any atom is 0.109 e. The van der Waals surface area contributed by atoms with Crippen LogP contribution in [0, 0.1) is 0 Å². The van der Waals surface area contributed by atoms with E-state index in [1.165, 1.54) is 0 Å². The molecule has 0 amide bonds. The molecule has 1 atom stereocenters. The molecule has 1 aromatic rings. The highest BCUT2D eigenvalue weighted by Gasteiger charge is 2.12. The first kappa shape index (κ1) is 11.6. The first-order valence-corrected chi connectivity index (χ1v) is 5.79. The minimum atomic E-state index is -0.0877. The van der Waals surface area contributed by atoms with Crippen LogP contribution in [0.1, 0.15) is 38.2 Å². The van der Waals surface area contributed by atoms with Gasteiger partial charge in [0.25, 0.3) is 0 Å². The SMILES string of the molecule is CC(NCCC(C)(C)N)c1nccs1. The molecule has 0 aliphatic heterocycles. The second-order valence-corrected chi connectivity index (χ2v) is 5.21. The van der Waals surface area contributed by atoms with Crippen molar-refractivity contribution in [2.45, 2.75) is 38.8 Å². The van der Waals surface area contributed by atoms with E-state index in [1.54, 1.807) is 11.3 Å². The van der Waals surface area contributed by atoms with Gasteiger partial charge < -0.3 is 11.1 Å². The summed E-state index contributed by atoms with van der Waals surface area (Å²) in [6.07, 6.45) is 2.81. The van der Waals surface area contributed by atoms with Crippen molar-refractivity contribution in [3.8, 4) is 0 Å². The third-order valence-corrected chi connectivity index (χ3v) is 3.00. The topological polar surface area (TPSA) is 50.9 Å². The molecule has 0 saturated heterocycles. The van der Waals surface area contributed by atoms with Gasteiger partial charge in [0, 0.05) is 17.1 Å². The fraction of sp³-hybridized carbons (Fsp3) is 0.700. The number of aromatic nitrogens is 1. The molecular formula is C10H19N3S. The third-order valence-electron chi connectivity index (χ3n) is 2.04. The lowest BCUT2D eigenvalue weighted by Gasteiger charge is -2.19. The van der Waals surface area contributed by atoms with Gasteiger partial charge in [0.2, 0.25) is 0 Å². The van der Waals surface area contributed by atoms with E-state index in [2.05, 4.69) is 17.2 Å². The highest BCUT2D eigenvalue weighted by molar-refractivity contribution is 7.09. The summed E-state index contributed by atoms with van der Waals surface area (Å²) in [6, 6.07) is 0.331. The quantitative estimate of drug-likeness (QED) is 0.785. The summed E-state index contributed by atoms with van der Waals surface area (Å²) in [7, 11) is 0. The molecule has 4 heteroatoms. The molecule has 14 heavy (non-hydrogen) atoms. The Bertz CT molecular complexity index is 251. The molecule has 1 heterocycles. The first-order valence-electron chi connectivity index (χ1n) is 4.91. The largest absolute Gasteiger partial charge is 0.326 e. The Labute approximate surface area is 89.7 Å². The third kappa shape index (κ3) is 4.17. The first-order chi connectivity index (χ1) is 6.49. The van der Waals surface area contributed by atoms with E-state index >= 15 is 0 Å². The second-order valence-electron chi connectivity index (χ2n) is 4.28. The zero-order valence-corrected chi connectivity index (χ0v) is 9.90. The predicted octanol–water partition coefficient (Wildman–Crippen LogP) is 1.92. The molecule has 3 nitrogen and oxygen atoms in total. The Balaban J connectivity index is 2.26. The number of hydrogen-bond donors (Lipinski definition) is 2. The molecule has 0 bridgehead atoms. The molecule has 1 aromatic heterocycles. The summed E-state index contributed by atoms with van der Waals surface area (Å²) in [4.78, 5) is 4.26. The van der Waals surface area contributed by atoms with Gasteiger partial charge in [0.1, 0.15) is 5.01 Å². The van der Waals surface area contributed by atoms with Crippen LogP contribution in [-0.4, -0.2) is 17.1 Å². The number of rotatable bonds is 5. The maximum absolute atomic E-state index is 5.89. The van der Waals surface area contributed by atoms with Crippen LogP contribution in [0.15, 0.2) is 11.6 Å². The van der Waals surface area contributed by atoms with E-state index in [4.69, 9.17) is 5.73 Å². The van der Waals surface area contributed by atoms with Crippen LogP contribution in [0.25, 0.3) is 0 Å². The van der Waals surface area contributed by atoms with E-state index in [9.17, 15) is 0 Å². The standard InChI is InChI=1S/C10H19N3S/c1-8(9-13-6-7-14-9)12-5-4-10(2,3)11/h6-8,12H,4-5,11H2,1-3H3. The van der Waals surface area contributed by atoms with E-state index in [0.717, 1.165) is 18.0 Å². The van der Waals surface area contributed by atoms with E-state index in [1.807, 2.05) is 25.4 Å². The molecule has 0 spiro atoms. The molecule has 0 radical (unpaired) electrons. The van der Waals surface area contributed by atoms with Crippen LogP contribution in [0.5, 0.6) is 0 Å². The number of thiazole rings is 1. The average Bonchev–Trinajstić information content (AvgIpc) is 2.53. The number of nitrogens with two attached hydrogens (primary N) is 1. The minimum absolute atomic E-state index is 0.0877. The summed E-state index contributed by atoms with van der Waals surface area (Å²) >= 11 is 1.68. The Morgan fingerprint density at radius 2 is 2.36 bits per heavy atom. The lowest BCUT2D eigenvalue weighted by atomic mass is 10.0. The fourth-order valence-electron chi connectivity index (χ4n) is 1.15. The Morgan fingerprint density at radius 1 is 1.64 bits per heavy atom. The van der Waals surface area contributed by atoms with Gasteiger partial charge in [-0.2, -0.15) is 0 Å². The zero-order chi connectivity index (χ0) is 10.6. The predicted molar refractivity (Wildman–Crippen MR) is 61.4 cm³/mol. The summed E-state index contributed by atoms with van der Waals surface area (Å²) in [6.45, 7) is 7.15. The van der Waals surface area contributed by atoms with Crippen molar-refractivity contribution in [2.24, 2.45) is 5.73 Å².